The second-order valence-corrected chi connectivity index (χ2v) is 3.59. The molecule has 1 aromatic carbocycles. The first-order valence-electron chi connectivity index (χ1n) is 3.89. The van der Waals surface area contributed by atoms with E-state index in [9.17, 15) is 0 Å². The number of halogens is 2. The number of hydrogen-bond donors (Lipinski definition) is 2. The van der Waals surface area contributed by atoms with Crippen LogP contribution in [0.25, 0.3) is 0 Å². The van der Waals surface area contributed by atoms with Crippen molar-refractivity contribution >= 4 is 35.8 Å². The van der Waals surface area contributed by atoms with Gasteiger partial charge in [-0.1, -0.05) is 29.3 Å². The van der Waals surface area contributed by atoms with Crippen molar-refractivity contribution in [1.82, 2.24) is 0 Å². The first-order valence-corrected chi connectivity index (χ1v) is 4.64. The van der Waals surface area contributed by atoms with Crippen molar-refractivity contribution in [3.8, 4) is 0 Å². The molecule has 0 unspecified atom stereocenters. The third kappa shape index (κ3) is 2.62. The lowest BCUT2D eigenvalue weighted by Crippen LogP contribution is -2.31. The summed E-state index contributed by atoms with van der Waals surface area (Å²) >= 11 is 11.6. The van der Waals surface area contributed by atoms with Gasteiger partial charge in [0.25, 0.3) is 0 Å². The summed E-state index contributed by atoms with van der Waals surface area (Å²) in [4.78, 5) is 0. The summed E-state index contributed by atoms with van der Waals surface area (Å²) in [6.45, 7) is 0.301. The van der Waals surface area contributed by atoms with Crippen molar-refractivity contribution in [3.63, 3.8) is 0 Å². The van der Waals surface area contributed by atoms with Crippen LogP contribution < -0.4 is 5.46 Å². The molecule has 1 rings (SSSR count). The summed E-state index contributed by atoms with van der Waals surface area (Å²) in [5.74, 6) is 0. The Bertz CT molecular complexity index is 331. The molecule has 0 heterocycles. The zero-order valence-electron chi connectivity index (χ0n) is 7.50. The first-order chi connectivity index (χ1) is 6.56. The molecule has 1 aromatic rings. The average molecular weight is 235 g/mol. The summed E-state index contributed by atoms with van der Waals surface area (Å²) in [6, 6.07) is 2.98. The highest BCUT2D eigenvalue weighted by Gasteiger charge is 2.17. The molecule has 2 N–H and O–H groups in total. The molecule has 0 saturated carbocycles. The van der Waals surface area contributed by atoms with Crippen molar-refractivity contribution < 1.29 is 14.8 Å². The van der Waals surface area contributed by atoms with E-state index in [1.54, 1.807) is 0 Å². The van der Waals surface area contributed by atoms with Gasteiger partial charge < -0.3 is 14.8 Å². The Morgan fingerprint density at radius 3 is 2.43 bits per heavy atom. The lowest BCUT2D eigenvalue weighted by molar-refractivity contribution is 0.185. The van der Waals surface area contributed by atoms with Crippen molar-refractivity contribution in [2.45, 2.75) is 6.61 Å². The van der Waals surface area contributed by atoms with Gasteiger partial charge in [-0.05, 0) is 11.6 Å². The normalized spacial score (nSPS) is 10.4. The van der Waals surface area contributed by atoms with E-state index in [4.69, 9.17) is 38.0 Å². The summed E-state index contributed by atoms with van der Waals surface area (Å²) < 4.78 is 4.89. The number of rotatable bonds is 3. The largest absolute Gasteiger partial charge is 0.489 e. The Kier molecular flexibility index (Phi) is 4.22. The van der Waals surface area contributed by atoms with Gasteiger partial charge in [-0.2, -0.15) is 0 Å². The average Bonchev–Trinajstić information content (AvgIpc) is 2.09. The summed E-state index contributed by atoms with van der Waals surface area (Å²) in [7, 11) is -0.0737. The van der Waals surface area contributed by atoms with Crippen LogP contribution in [0.3, 0.4) is 0 Å². The standard InChI is InChI=1S/C8H9BCl2O3/c1-14-4-5-2-6(9(12)13)8(11)3-7(5)10/h2-3,12-13H,4H2,1H3. The van der Waals surface area contributed by atoms with E-state index in [1.807, 2.05) is 0 Å². The molecule has 14 heavy (non-hydrogen) atoms. The van der Waals surface area contributed by atoms with E-state index < -0.39 is 7.12 Å². The Morgan fingerprint density at radius 1 is 1.29 bits per heavy atom. The Labute approximate surface area is 92.4 Å². The highest BCUT2D eigenvalue weighted by atomic mass is 35.5. The quantitative estimate of drug-likeness (QED) is 0.762. The van der Waals surface area contributed by atoms with Gasteiger partial charge in [0.05, 0.1) is 6.61 Å². The molecule has 0 saturated heterocycles. The first kappa shape index (κ1) is 11.8. The molecule has 3 nitrogen and oxygen atoms in total. The number of methoxy groups -OCH3 is 1. The summed E-state index contributed by atoms with van der Waals surface area (Å²) in [6.07, 6.45) is 0. The molecule has 6 heteroatoms. The van der Waals surface area contributed by atoms with Crippen LogP contribution in [0.5, 0.6) is 0 Å². The minimum absolute atomic E-state index is 0.225. The van der Waals surface area contributed by atoms with Crippen LogP contribution in [0.4, 0.5) is 0 Å². The maximum absolute atomic E-state index is 8.98. The van der Waals surface area contributed by atoms with Crippen LogP contribution in [0.15, 0.2) is 12.1 Å². The lowest BCUT2D eigenvalue weighted by atomic mass is 9.79. The van der Waals surface area contributed by atoms with Gasteiger partial charge in [0, 0.05) is 22.6 Å². The predicted octanol–water partition coefficient (Wildman–Crippen LogP) is 0.820. The van der Waals surface area contributed by atoms with Gasteiger partial charge in [0.1, 0.15) is 0 Å². The maximum Gasteiger partial charge on any atom is 0.489 e. The summed E-state index contributed by atoms with van der Waals surface area (Å²) in [5, 5.41) is 18.6. The van der Waals surface area contributed by atoms with Gasteiger partial charge in [-0.15, -0.1) is 0 Å². The second kappa shape index (κ2) is 5.00. The molecule has 0 aliphatic rings. The molecule has 0 aliphatic carbocycles. The van der Waals surface area contributed by atoms with Gasteiger partial charge in [-0.25, -0.2) is 0 Å². The topological polar surface area (TPSA) is 49.7 Å². The monoisotopic (exact) mass is 234 g/mol. The highest BCUT2D eigenvalue weighted by molar-refractivity contribution is 6.63. The third-order valence-corrected chi connectivity index (χ3v) is 2.42. The fourth-order valence-electron chi connectivity index (χ4n) is 1.08. The van der Waals surface area contributed by atoms with Crippen LogP contribution in [0.2, 0.25) is 10.0 Å². The molecular formula is C8H9BCl2O3. The van der Waals surface area contributed by atoms with Gasteiger partial charge in [-0.3, -0.25) is 0 Å². The van der Waals surface area contributed by atoms with E-state index in [0.717, 1.165) is 0 Å². The SMILES string of the molecule is COCc1cc(B(O)O)c(Cl)cc1Cl. The van der Waals surface area contributed by atoms with Crippen LogP contribution in [0.1, 0.15) is 5.56 Å². The molecule has 0 aliphatic heterocycles. The van der Waals surface area contributed by atoms with E-state index in [1.165, 1.54) is 19.2 Å². The van der Waals surface area contributed by atoms with Gasteiger partial charge in [0.15, 0.2) is 0 Å². The predicted molar refractivity (Wildman–Crippen MR) is 57.0 cm³/mol. The van der Waals surface area contributed by atoms with Crippen molar-refractivity contribution in [2.75, 3.05) is 7.11 Å². The molecule has 76 valence electrons. The lowest BCUT2D eigenvalue weighted by Gasteiger charge is -2.08. The van der Waals surface area contributed by atoms with Gasteiger partial charge >= 0.3 is 7.12 Å². The molecule has 0 radical (unpaired) electrons. The van der Waals surface area contributed by atoms with E-state index in [2.05, 4.69) is 0 Å². The second-order valence-electron chi connectivity index (χ2n) is 2.77. The van der Waals surface area contributed by atoms with Crippen LogP contribution in [0, 0.1) is 0 Å². The number of ether oxygens (including phenoxy) is 1. The van der Waals surface area contributed by atoms with Crippen LogP contribution in [-0.2, 0) is 11.3 Å². The molecular weight excluding hydrogens is 226 g/mol. The molecule has 0 amide bonds. The van der Waals surface area contributed by atoms with E-state index in [0.29, 0.717) is 17.2 Å². The molecule has 0 fully saturated rings. The van der Waals surface area contributed by atoms with E-state index in [-0.39, 0.29) is 10.5 Å². The zero-order valence-corrected chi connectivity index (χ0v) is 9.01. The number of hydrogen-bond acceptors (Lipinski definition) is 3. The maximum atomic E-state index is 8.98. The fourth-order valence-corrected chi connectivity index (χ4v) is 1.61. The molecule has 0 spiro atoms. The number of benzene rings is 1. The Balaban J connectivity index is 3.13. The van der Waals surface area contributed by atoms with Crippen molar-refractivity contribution in [3.05, 3.63) is 27.7 Å². The Morgan fingerprint density at radius 2 is 1.93 bits per heavy atom. The molecule has 0 aromatic heterocycles. The van der Waals surface area contributed by atoms with Crippen LogP contribution >= 0.6 is 23.2 Å². The van der Waals surface area contributed by atoms with Crippen LogP contribution in [-0.4, -0.2) is 24.3 Å². The Hall–Kier alpha value is -0.255. The molecule has 0 atom stereocenters. The minimum Gasteiger partial charge on any atom is -0.423 e. The fraction of sp³-hybridized carbons (Fsp3) is 0.250. The summed E-state index contributed by atoms with van der Waals surface area (Å²) in [5.41, 5.74) is 0.893. The zero-order chi connectivity index (χ0) is 10.7. The molecule has 0 bridgehead atoms. The smallest absolute Gasteiger partial charge is 0.423 e. The minimum atomic E-state index is -1.60. The van der Waals surface area contributed by atoms with E-state index >= 15 is 0 Å². The van der Waals surface area contributed by atoms with Crippen molar-refractivity contribution in [2.24, 2.45) is 0 Å². The van der Waals surface area contributed by atoms with Gasteiger partial charge in [0.2, 0.25) is 0 Å². The highest BCUT2D eigenvalue weighted by Crippen LogP contribution is 2.20. The van der Waals surface area contributed by atoms with Crippen molar-refractivity contribution in [1.29, 1.82) is 0 Å². The third-order valence-electron chi connectivity index (χ3n) is 1.74.